The molecule has 0 aliphatic rings. The van der Waals surface area contributed by atoms with E-state index in [1.807, 2.05) is 11.8 Å². The van der Waals surface area contributed by atoms with Crippen molar-refractivity contribution >= 4 is 20.6 Å². The highest BCUT2D eigenvalue weighted by Gasteiger charge is 2.36. The molecule has 0 aromatic rings. The van der Waals surface area contributed by atoms with Crippen molar-refractivity contribution in [2.45, 2.75) is 18.9 Å². The van der Waals surface area contributed by atoms with Gasteiger partial charge in [0.15, 0.2) is 0 Å². The van der Waals surface area contributed by atoms with E-state index in [1.165, 1.54) is 31.8 Å². The summed E-state index contributed by atoms with van der Waals surface area (Å²) in [6.07, 6.45) is 2.36. The predicted molar refractivity (Wildman–Crippen MR) is 103 cm³/mol. The molecule has 0 aromatic heterocycles. The van der Waals surface area contributed by atoms with Crippen molar-refractivity contribution < 1.29 is 63.2 Å². The third kappa shape index (κ3) is 16.3. The van der Waals surface area contributed by atoms with Crippen molar-refractivity contribution in [1.82, 2.24) is 0 Å². The molecule has 9 heteroatoms. The molecule has 0 aromatic carbocycles. The molecule has 0 fully saturated rings. The summed E-state index contributed by atoms with van der Waals surface area (Å²) in [5, 5.41) is 0. The lowest BCUT2D eigenvalue weighted by Gasteiger charge is -2.33. The normalized spacial score (nSPS) is 12.5. The predicted octanol–water partition coefficient (Wildman–Crippen LogP) is -3.83. The van der Waals surface area contributed by atoms with E-state index in [1.54, 1.807) is 21.3 Å². The highest BCUT2D eigenvalue weighted by molar-refractivity contribution is 7.99. The van der Waals surface area contributed by atoms with E-state index in [0.29, 0.717) is 0 Å². The van der Waals surface area contributed by atoms with Crippen LogP contribution < -0.4 is 41.0 Å². The molecule has 0 saturated carbocycles. The van der Waals surface area contributed by atoms with Gasteiger partial charge in [-0.2, -0.15) is 11.8 Å². The van der Waals surface area contributed by atoms with Gasteiger partial charge >= 0.3 is 8.80 Å². The molecule has 0 saturated heterocycles. The van der Waals surface area contributed by atoms with Gasteiger partial charge in [-0.1, -0.05) is 0 Å². The minimum Gasteiger partial charge on any atom is -1.00 e. The third-order valence-corrected chi connectivity index (χ3v) is 8.12. The van der Waals surface area contributed by atoms with Crippen molar-refractivity contribution in [3.8, 4) is 0 Å². The molecule has 0 radical (unpaired) electrons. The van der Waals surface area contributed by atoms with E-state index in [2.05, 4.69) is 35.2 Å². The Morgan fingerprint density at radius 1 is 0.760 bits per heavy atom. The Kier molecular flexibility index (Phi) is 19.4. The number of thioether (sulfide) groups is 1. The van der Waals surface area contributed by atoms with Gasteiger partial charge in [-0.3, -0.25) is 0 Å². The van der Waals surface area contributed by atoms with Gasteiger partial charge in [0.1, 0.15) is 13.1 Å². The maximum absolute atomic E-state index is 5.44. The Morgan fingerprint density at radius 3 is 1.68 bits per heavy atom. The lowest BCUT2D eigenvalue weighted by Crippen LogP contribution is -3.00. The van der Waals surface area contributed by atoms with Crippen LogP contribution >= 0.6 is 11.8 Å². The number of hydrogen-bond acceptors (Lipinski definition) is 4. The van der Waals surface area contributed by atoms with Crippen LogP contribution in [0.3, 0.4) is 0 Å². The van der Waals surface area contributed by atoms with E-state index in [-0.39, 0.29) is 41.0 Å². The first-order valence-corrected chi connectivity index (χ1v) is 11.5. The zero-order valence-corrected chi connectivity index (χ0v) is 23.0. The number of likely N-dealkylation sites (N-methyl/N-ethyl adjacent to an activating group) is 2. The smallest absolute Gasteiger partial charge is 0.500 e. The Balaban J connectivity index is -0.00000242. The average Bonchev–Trinajstić information content (AvgIpc) is 2.48. The van der Waals surface area contributed by atoms with E-state index in [4.69, 9.17) is 13.3 Å². The van der Waals surface area contributed by atoms with Crippen molar-refractivity contribution in [2.24, 2.45) is 0 Å². The van der Waals surface area contributed by atoms with Crippen LogP contribution in [0.15, 0.2) is 0 Å². The lowest BCUT2D eigenvalue weighted by atomic mass is 10.3. The zero-order chi connectivity index (χ0) is 18.0. The summed E-state index contributed by atoms with van der Waals surface area (Å²) in [6.45, 7) is 3.70. The molecule has 0 amide bonds. The topological polar surface area (TPSA) is 27.7 Å². The van der Waals surface area contributed by atoms with Crippen molar-refractivity contribution in [3.05, 3.63) is 0 Å². The second-order valence-corrected chi connectivity index (χ2v) is 12.1. The van der Waals surface area contributed by atoms with Crippen LogP contribution in [0.2, 0.25) is 6.04 Å². The molecule has 0 heterocycles. The van der Waals surface area contributed by atoms with Crippen LogP contribution in [0.5, 0.6) is 0 Å². The summed E-state index contributed by atoms with van der Waals surface area (Å²) < 4.78 is 18.5. The van der Waals surface area contributed by atoms with Gasteiger partial charge in [-0.15, -0.1) is 0 Å². The molecule has 0 aliphatic carbocycles. The molecular weight excluding hydrogens is 535 g/mol. The summed E-state index contributed by atoms with van der Waals surface area (Å²) in [6, 6.07) is 0.897. The standard InChI is InChI=1S/C16H40N2O3SSi.BrH.HI/c1-17(2,3)12-13-18(4,5)11-9-14-22-15-10-16-23(19-6,20-7)21-8;;/h9-16H2,1-8H3;2*1H/q+2;;/p-2. The SMILES string of the molecule is CO[Si](CCCSCCC[N+](C)(C)CC[N+](C)(C)C)(OC)OC.[Br-].[I-]. The van der Waals surface area contributed by atoms with Gasteiger partial charge in [-0.25, -0.2) is 0 Å². The molecule has 0 aliphatic heterocycles. The molecule has 5 nitrogen and oxygen atoms in total. The van der Waals surface area contributed by atoms with Crippen molar-refractivity contribution in [2.75, 3.05) is 87.7 Å². The summed E-state index contributed by atoms with van der Waals surface area (Å²) in [5.74, 6) is 2.38. The average molecular weight is 575 g/mol. The number of hydrogen-bond donors (Lipinski definition) is 0. The van der Waals surface area contributed by atoms with E-state index < -0.39 is 8.80 Å². The van der Waals surface area contributed by atoms with Crippen LogP contribution in [-0.4, -0.2) is 105 Å². The van der Waals surface area contributed by atoms with Gasteiger partial charge in [0.2, 0.25) is 0 Å². The summed E-state index contributed by atoms with van der Waals surface area (Å²) >= 11 is 2.03. The molecule has 0 rings (SSSR count). The highest BCUT2D eigenvalue weighted by atomic mass is 127. The van der Waals surface area contributed by atoms with Crippen LogP contribution in [-0.2, 0) is 13.3 Å². The molecular formula is C16H40BrIN2O3SSi. The van der Waals surface area contributed by atoms with Gasteiger partial charge in [-0.05, 0) is 17.9 Å². The Bertz CT molecular complexity index is 312. The lowest BCUT2D eigenvalue weighted by molar-refractivity contribution is -0.937. The monoisotopic (exact) mass is 574 g/mol. The first-order valence-electron chi connectivity index (χ1n) is 8.45. The molecule has 0 spiro atoms. The van der Waals surface area contributed by atoms with Crippen LogP contribution in [0.4, 0.5) is 0 Å². The minimum atomic E-state index is -2.36. The van der Waals surface area contributed by atoms with Gasteiger partial charge < -0.3 is 63.2 Å². The fourth-order valence-electron chi connectivity index (χ4n) is 2.33. The zero-order valence-electron chi connectivity index (χ0n) is 17.4. The largest absolute Gasteiger partial charge is 1.00 e. The van der Waals surface area contributed by atoms with Crippen molar-refractivity contribution in [1.29, 1.82) is 0 Å². The van der Waals surface area contributed by atoms with Gasteiger partial charge in [0, 0.05) is 33.8 Å². The summed E-state index contributed by atoms with van der Waals surface area (Å²) in [5.41, 5.74) is 0. The second-order valence-electron chi connectivity index (χ2n) is 7.76. The van der Waals surface area contributed by atoms with Crippen LogP contribution in [0.1, 0.15) is 12.8 Å². The fraction of sp³-hybridized carbons (Fsp3) is 1.00. The molecule has 156 valence electrons. The number of halogens is 2. The third-order valence-electron chi connectivity index (χ3n) is 4.13. The molecule has 0 bridgehead atoms. The van der Waals surface area contributed by atoms with E-state index in [0.717, 1.165) is 27.2 Å². The van der Waals surface area contributed by atoms with Crippen LogP contribution in [0.25, 0.3) is 0 Å². The number of rotatable bonds is 14. The Labute approximate surface area is 189 Å². The molecule has 0 N–H and O–H groups in total. The Hall–Kier alpha value is 1.58. The van der Waals surface area contributed by atoms with Crippen molar-refractivity contribution in [3.63, 3.8) is 0 Å². The summed E-state index contributed by atoms with van der Waals surface area (Å²) in [7, 11) is 14.2. The van der Waals surface area contributed by atoms with Gasteiger partial charge in [0.05, 0.1) is 41.8 Å². The maximum atomic E-state index is 5.44. The number of nitrogens with zero attached hydrogens (tertiary/aromatic N) is 2. The van der Waals surface area contributed by atoms with Gasteiger partial charge in [0.25, 0.3) is 0 Å². The molecule has 0 unspecified atom stereocenters. The van der Waals surface area contributed by atoms with E-state index >= 15 is 0 Å². The summed E-state index contributed by atoms with van der Waals surface area (Å²) in [4.78, 5) is 0. The highest BCUT2D eigenvalue weighted by Crippen LogP contribution is 2.17. The number of quaternary nitrogens is 2. The quantitative estimate of drug-likeness (QED) is 0.0920. The molecule has 25 heavy (non-hydrogen) atoms. The second kappa shape index (κ2) is 15.5. The first kappa shape index (κ1) is 31.3. The van der Waals surface area contributed by atoms with Crippen LogP contribution in [0, 0.1) is 0 Å². The first-order chi connectivity index (χ1) is 10.6. The fourth-order valence-corrected chi connectivity index (χ4v) is 5.19. The molecule has 0 atom stereocenters. The maximum Gasteiger partial charge on any atom is 0.500 e. The Morgan fingerprint density at radius 2 is 1.24 bits per heavy atom. The van der Waals surface area contributed by atoms with E-state index in [9.17, 15) is 0 Å². The minimum absolute atomic E-state index is 0.